The van der Waals surface area contributed by atoms with E-state index in [9.17, 15) is 4.79 Å². The number of anilines is 1. The molecule has 1 aromatic heterocycles. The van der Waals surface area contributed by atoms with Crippen molar-refractivity contribution in [2.75, 3.05) is 26.1 Å². The third-order valence-electron chi connectivity index (χ3n) is 5.22. The first kappa shape index (κ1) is 20.1. The summed E-state index contributed by atoms with van der Waals surface area (Å²) < 4.78 is 16.1. The van der Waals surface area contributed by atoms with Crippen molar-refractivity contribution in [3.63, 3.8) is 0 Å². The number of benzene rings is 1. The lowest BCUT2D eigenvalue weighted by Crippen LogP contribution is -2.25. The topological polar surface area (TPSA) is 69.7 Å². The number of carbonyl (C=O) groups excluding carboxylic acids is 1. The van der Waals surface area contributed by atoms with Gasteiger partial charge in [-0.3, -0.25) is 9.78 Å². The summed E-state index contributed by atoms with van der Waals surface area (Å²) in [5.74, 6) is 2.06. The van der Waals surface area contributed by atoms with Gasteiger partial charge in [0.1, 0.15) is 18.1 Å². The minimum absolute atomic E-state index is 0.0979. The number of rotatable bonds is 9. The number of hydrogen-bond acceptors (Lipinski definition) is 6. The van der Waals surface area contributed by atoms with Gasteiger partial charge in [-0.15, -0.1) is 0 Å². The number of hydrogen-bond donors (Lipinski definition) is 1. The molecule has 1 fully saturated rings. The van der Waals surface area contributed by atoms with Gasteiger partial charge in [0.2, 0.25) is 0 Å². The Kier molecular flexibility index (Phi) is 7.25. The molecule has 0 saturated heterocycles. The third kappa shape index (κ3) is 5.01. The standard InChI is InChI=1S/C22H28N2O4/c1-26-15-21-22(27-2)20(11-12-23-21)24-18-7-3-16(4-8-18)17-5-9-19(10-6-17)28-14-13-25/h5-6,9-13,16,18H,3-4,7-8,14-15H2,1-2H3,(H,23,24)/t16-,18+. The highest BCUT2D eigenvalue weighted by Gasteiger charge is 2.23. The van der Waals surface area contributed by atoms with Gasteiger partial charge in [-0.05, 0) is 55.4 Å². The Hall–Kier alpha value is -2.60. The fraction of sp³-hybridized carbons (Fsp3) is 0.455. The van der Waals surface area contributed by atoms with Crippen LogP contribution in [-0.2, 0) is 16.1 Å². The second-order valence-electron chi connectivity index (χ2n) is 7.01. The lowest BCUT2D eigenvalue weighted by atomic mass is 9.81. The van der Waals surface area contributed by atoms with E-state index in [1.807, 2.05) is 18.2 Å². The van der Waals surface area contributed by atoms with E-state index < -0.39 is 0 Å². The monoisotopic (exact) mass is 384 g/mol. The summed E-state index contributed by atoms with van der Waals surface area (Å²) >= 11 is 0. The molecular formula is C22H28N2O4. The van der Waals surface area contributed by atoms with E-state index in [0.717, 1.165) is 54.8 Å². The normalized spacial score (nSPS) is 19.1. The number of nitrogens with one attached hydrogen (secondary N) is 1. The first-order valence-electron chi connectivity index (χ1n) is 9.69. The molecule has 3 rings (SSSR count). The molecule has 1 heterocycles. The molecule has 150 valence electrons. The van der Waals surface area contributed by atoms with Crippen molar-refractivity contribution >= 4 is 12.0 Å². The molecule has 0 unspecified atom stereocenters. The van der Waals surface area contributed by atoms with Gasteiger partial charge >= 0.3 is 0 Å². The zero-order chi connectivity index (χ0) is 19.8. The number of carbonyl (C=O) groups is 1. The minimum atomic E-state index is 0.0979. The van der Waals surface area contributed by atoms with Crippen molar-refractivity contribution in [2.45, 2.75) is 44.2 Å². The van der Waals surface area contributed by atoms with Gasteiger partial charge in [-0.1, -0.05) is 12.1 Å². The van der Waals surface area contributed by atoms with Crippen molar-refractivity contribution in [3.05, 3.63) is 47.8 Å². The van der Waals surface area contributed by atoms with E-state index in [0.29, 0.717) is 18.6 Å². The van der Waals surface area contributed by atoms with E-state index in [2.05, 4.69) is 22.4 Å². The van der Waals surface area contributed by atoms with Crippen LogP contribution in [0.3, 0.4) is 0 Å². The molecule has 0 spiro atoms. The molecule has 6 heteroatoms. The predicted molar refractivity (Wildman–Crippen MR) is 108 cm³/mol. The fourth-order valence-electron chi connectivity index (χ4n) is 3.83. The number of ether oxygens (including phenoxy) is 3. The molecule has 2 aromatic rings. The van der Waals surface area contributed by atoms with Crippen LogP contribution < -0.4 is 14.8 Å². The molecule has 1 N–H and O–H groups in total. The van der Waals surface area contributed by atoms with Gasteiger partial charge in [-0.25, -0.2) is 0 Å². The Labute approximate surface area is 166 Å². The Morgan fingerprint density at radius 3 is 2.50 bits per heavy atom. The lowest BCUT2D eigenvalue weighted by molar-refractivity contribution is -0.109. The molecule has 0 aliphatic heterocycles. The largest absolute Gasteiger partial charge is 0.493 e. The van der Waals surface area contributed by atoms with Gasteiger partial charge in [0.15, 0.2) is 12.0 Å². The van der Waals surface area contributed by atoms with Crippen LogP contribution in [0.5, 0.6) is 11.5 Å². The van der Waals surface area contributed by atoms with Crippen molar-refractivity contribution in [1.82, 2.24) is 4.98 Å². The van der Waals surface area contributed by atoms with Crippen molar-refractivity contribution in [1.29, 1.82) is 0 Å². The SMILES string of the molecule is COCc1nccc(N[C@H]2CC[C@@H](c3ccc(OCC=O)cc3)CC2)c1OC. The summed E-state index contributed by atoms with van der Waals surface area (Å²) in [4.78, 5) is 14.7. The van der Waals surface area contributed by atoms with Gasteiger partial charge in [0.25, 0.3) is 0 Å². The maximum atomic E-state index is 10.4. The first-order chi connectivity index (χ1) is 13.7. The van der Waals surface area contributed by atoms with Crippen LogP contribution >= 0.6 is 0 Å². The average molecular weight is 384 g/mol. The summed E-state index contributed by atoms with van der Waals surface area (Å²) in [7, 11) is 3.32. The van der Waals surface area contributed by atoms with E-state index in [1.165, 1.54) is 5.56 Å². The van der Waals surface area contributed by atoms with Crippen LogP contribution in [0.1, 0.15) is 42.9 Å². The molecule has 0 amide bonds. The Morgan fingerprint density at radius 2 is 1.86 bits per heavy atom. The summed E-state index contributed by atoms with van der Waals surface area (Å²) in [6.07, 6.45) is 7.00. The number of aromatic nitrogens is 1. The second kappa shape index (κ2) is 10.1. The number of methoxy groups -OCH3 is 2. The van der Waals surface area contributed by atoms with Crippen LogP contribution in [-0.4, -0.2) is 38.1 Å². The van der Waals surface area contributed by atoms with Crippen LogP contribution in [0, 0.1) is 0 Å². The molecular weight excluding hydrogens is 356 g/mol. The predicted octanol–water partition coefficient (Wildman–Crippen LogP) is 3.95. The van der Waals surface area contributed by atoms with E-state index >= 15 is 0 Å². The molecule has 1 aromatic carbocycles. The van der Waals surface area contributed by atoms with Gasteiger partial charge in [0, 0.05) is 19.3 Å². The van der Waals surface area contributed by atoms with Gasteiger partial charge in [-0.2, -0.15) is 0 Å². The van der Waals surface area contributed by atoms with E-state index in [-0.39, 0.29) is 6.61 Å². The van der Waals surface area contributed by atoms with E-state index in [1.54, 1.807) is 20.4 Å². The van der Waals surface area contributed by atoms with Crippen LogP contribution in [0.15, 0.2) is 36.5 Å². The van der Waals surface area contributed by atoms with E-state index in [4.69, 9.17) is 14.2 Å². The van der Waals surface area contributed by atoms with Gasteiger partial charge in [0.05, 0.1) is 19.4 Å². The number of pyridine rings is 1. The Bertz CT molecular complexity index is 756. The number of nitrogens with zero attached hydrogens (tertiary/aromatic N) is 1. The molecule has 1 aliphatic rings. The van der Waals surface area contributed by atoms with Gasteiger partial charge < -0.3 is 19.5 Å². The molecule has 6 nitrogen and oxygen atoms in total. The van der Waals surface area contributed by atoms with Crippen LogP contribution in [0.4, 0.5) is 5.69 Å². The lowest BCUT2D eigenvalue weighted by Gasteiger charge is -2.30. The first-order valence-corrected chi connectivity index (χ1v) is 9.69. The summed E-state index contributed by atoms with van der Waals surface area (Å²) in [6.45, 7) is 0.526. The summed E-state index contributed by atoms with van der Waals surface area (Å²) in [6, 6.07) is 10.5. The molecule has 0 bridgehead atoms. The maximum absolute atomic E-state index is 10.4. The Balaban J connectivity index is 1.57. The third-order valence-corrected chi connectivity index (χ3v) is 5.22. The molecule has 1 aliphatic carbocycles. The summed E-state index contributed by atoms with van der Waals surface area (Å²) in [5.41, 5.74) is 3.12. The zero-order valence-corrected chi connectivity index (χ0v) is 16.5. The molecule has 28 heavy (non-hydrogen) atoms. The molecule has 1 saturated carbocycles. The smallest absolute Gasteiger partial charge is 0.165 e. The zero-order valence-electron chi connectivity index (χ0n) is 16.5. The highest BCUT2D eigenvalue weighted by atomic mass is 16.5. The fourth-order valence-corrected chi connectivity index (χ4v) is 3.83. The average Bonchev–Trinajstić information content (AvgIpc) is 2.74. The van der Waals surface area contributed by atoms with Crippen LogP contribution in [0.25, 0.3) is 0 Å². The highest BCUT2D eigenvalue weighted by molar-refractivity contribution is 5.58. The van der Waals surface area contributed by atoms with Crippen LogP contribution in [0.2, 0.25) is 0 Å². The molecule has 0 atom stereocenters. The van der Waals surface area contributed by atoms with Crippen molar-refractivity contribution in [2.24, 2.45) is 0 Å². The quantitative estimate of drug-likeness (QED) is 0.660. The number of aldehydes is 1. The van der Waals surface area contributed by atoms with Crippen molar-refractivity contribution in [3.8, 4) is 11.5 Å². The van der Waals surface area contributed by atoms with Crippen molar-refractivity contribution < 1.29 is 19.0 Å². The Morgan fingerprint density at radius 1 is 1.11 bits per heavy atom. The highest BCUT2D eigenvalue weighted by Crippen LogP contribution is 2.36. The molecule has 0 radical (unpaired) electrons. The maximum Gasteiger partial charge on any atom is 0.165 e. The second-order valence-corrected chi connectivity index (χ2v) is 7.01. The minimum Gasteiger partial charge on any atom is -0.493 e. The summed E-state index contributed by atoms with van der Waals surface area (Å²) in [5, 5.41) is 3.63.